The highest BCUT2D eigenvalue weighted by Gasteiger charge is 2.17. The predicted octanol–water partition coefficient (Wildman–Crippen LogP) is 5.03. The van der Waals surface area contributed by atoms with Crippen molar-refractivity contribution in [1.29, 1.82) is 0 Å². The topological polar surface area (TPSA) is 67.9 Å². The minimum atomic E-state index is -0.668. The summed E-state index contributed by atoms with van der Waals surface area (Å²) in [5.41, 5.74) is 0.774. The fourth-order valence-electron chi connectivity index (χ4n) is 2.22. The summed E-state index contributed by atoms with van der Waals surface area (Å²) in [5.74, 6) is -0.0504. The van der Waals surface area contributed by atoms with Crippen LogP contribution in [0.2, 0.25) is 0 Å². The summed E-state index contributed by atoms with van der Waals surface area (Å²) in [6.45, 7) is 3.71. The average molecular weight is 395 g/mol. The molecule has 0 heterocycles. The van der Waals surface area contributed by atoms with Crippen molar-refractivity contribution in [2.75, 3.05) is 22.6 Å². The molecule has 0 aliphatic heterocycles. The van der Waals surface area contributed by atoms with E-state index in [0.29, 0.717) is 17.9 Å². The molecular weight excluding hydrogens is 375 g/mol. The van der Waals surface area contributed by atoms with Crippen LogP contribution >= 0.6 is 11.6 Å². The van der Waals surface area contributed by atoms with Gasteiger partial charge in [-0.25, -0.2) is 14.0 Å². The molecule has 144 valence electrons. The van der Waals surface area contributed by atoms with Gasteiger partial charge in [0.2, 0.25) is 0 Å². The van der Waals surface area contributed by atoms with Gasteiger partial charge in [-0.2, -0.15) is 0 Å². The standard InChI is InChI=1S/C19H20ClFN2O4/c1-3-23(16-8-4-6-14(21)10-16)19(25)27-17-9-5-7-15(11-17)22-18(24)26-13(2)12-20/h4-11,13H,3,12H2,1-2H3,(H,22,24). The van der Waals surface area contributed by atoms with Crippen molar-refractivity contribution in [3.8, 4) is 5.75 Å². The lowest BCUT2D eigenvalue weighted by molar-refractivity contribution is 0.131. The maximum atomic E-state index is 13.4. The Morgan fingerprint density at radius 1 is 1.22 bits per heavy atom. The van der Waals surface area contributed by atoms with Crippen molar-refractivity contribution >= 4 is 35.2 Å². The van der Waals surface area contributed by atoms with E-state index in [-0.39, 0.29) is 11.6 Å². The fourth-order valence-corrected chi connectivity index (χ4v) is 2.28. The number of anilines is 2. The van der Waals surface area contributed by atoms with Gasteiger partial charge < -0.3 is 9.47 Å². The Morgan fingerprint density at radius 3 is 2.63 bits per heavy atom. The van der Waals surface area contributed by atoms with Crippen molar-refractivity contribution < 1.29 is 23.5 Å². The zero-order valence-corrected chi connectivity index (χ0v) is 15.7. The van der Waals surface area contributed by atoms with Crippen LogP contribution in [0, 0.1) is 5.82 Å². The van der Waals surface area contributed by atoms with Crippen LogP contribution in [-0.4, -0.2) is 30.7 Å². The highest BCUT2D eigenvalue weighted by atomic mass is 35.5. The van der Waals surface area contributed by atoms with E-state index in [1.165, 1.54) is 29.2 Å². The number of halogens is 2. The molecule has 6 nitrogen and oxygen atoms in total. The van der Waals surface area contributed by atoms with E-state index in [9.17, 15) is 14.0 Å². The van der Waals surface area contributed by atoms with E-state index in [1.54, 1.807) is 38.1 Å². The second-order valence-electron chi connectivity index (χ2n) is 5.62. The molecule has 1 unspecified atom stereocenters. The minimum absolute atomic E-state index is 0.179. The summed E-state index contributed by atoms with van der Waals surface area (Å²) in [7, 11) is 0. The monoisotopic (exact) mass is 394 g/mol. The Bertz CT molecular complexity index is 803. The molecule has 0 radical (unpaired) electrons. The van der Waals surface area contributed by atoms with Crippen LogP contribution in [0.1, 0.15) is 13.8 Å². The molecule has 0 aliphatic rings. The number of nitrogens with zero attached hydrogens (tertiary/aromatic N) is 1. The summed E-state index contributed by atoms with van der Waals surface area (Å²) in [6, 6.07) is 11.9. The quantitative estimate of drug-likeness (QED) is 0.698. The Hall–Kier alpha value is -2.80. The van der Waals surface area contributed by atoms with Crippen molar-refractivity contribution in [3.63, 3.8) is 0 Å². The molecule has 2 amide bonds. The van der Waals surface area contributed by atoms with Crippen molar-refractivity contribution in [1.82, 2.24) is 0 Å². The zero-order valence-electron chi connectivity index (χ0n) is 14.9. The SMILES string of the molecule is CCN(C(=O)Oc1cccc(NC(=O)OC(C)CCl)c1)c1cccc(F)c1. The minimum Gasteiger partial charge on any atom is -0.445 e. The first kappa shape index (κ1) is 20.5. The Morgan fingerprint density at radius 2 is 1.96 bits per heavy atom. The van der Waals surface area contributed by atoms with Gasteiger partial charge in [-0.15, -0.1) is 11.6 Å². The van der Waals surface area contributed by atoms with Gasteiger partial charge in [-0.1, -0.05) is 12.1 Å². The smallest absolute Gasteiger partial charge is 0.419 e. The van der Waals surface area contributed by atoms with Crippen LogP contribution < -0.4 is 15.0 Å². The van der Waals surface area contributed by atoms with Gasteiger partial charge in [0.05, 0.1) is 5.88 Å². The van der Waals surface area contributed by atoms with Crippen LogP contribution in [0.4, 0.5) is 25.4 Å². The van der Waals surface area contributed by atoms with Crippen LogP contribution in [0.15, 0.2) is 48.5 Å². The summed E-state index contributed by atoms with van der Waals surface area (Å²) in [4.78, 5) is 25.5. The van der Waals surface area contributed by atoms with Crippen molar-refractivity contribution in [2.45, 2.75) is 20.0 Å². The molecule has 1 atom stereocenters. The van der Waals surface area contributed by atoms with Crippen LogP contribution in [0.25, 0.3) is 0 Å². The summed E-state index contributed by atoms with van der Waals surface area (Å²) in [5, 5.41) is 2.53. The molecule has 27 heavy (non-hydrogen) atoms. The molecule has 2 rings (SSSR count). The lowest BCUT2D eigenvalue weighted by Crippen LogP contribution is -2.33. The first-order valence-electron chi connectivity index (χ1n) is 8.31. The van der Waals surface area contributed by atoms with Gasteiger partial charge in [-0.3, -0.25) is 10.2 Å². The molecule has 8 heteroatoms. The molecule has 0 aromatic heterocycles. The normalized spacial score (nSPS) is 11.4. The largest absolute Gasteiger partial charge is 0.445 e. The molecule has 0 spiro atoms. The van der Waals surface area contributed by atoms with Gasteiger partial charge in [-0.05, 0) is 44.2 Å². The number of ether oxygens (including phenoxy) is 2. The molecular formula is C19H20ClFN2O4. The third kappa shape index (κ3) is 6.14. The molecule has 0 fully saturated rings. The van der Waals surface area contributed by atoms with E-state index in [1.807, 2.05) is 0 Å². The number of carbonyl (C=O) groups is 2. The number of benzene rings is 2. The fraction of sp³-hybridized carbons (Fsp3) is 0.263. The highest BCUT2D eigenvalue weighted by molar-refractivity contribution is 6.18. The van der Waals surface area contributed by atoms with E-state index in [4.69, 9.17) is 21.1 Å². The highest BCUT2D eigenvalue weighted by Crippen LogP contribution is 2.21. The number of alkyl halides is 1. The molecule has 0 bridgehead atoms. The van der Waals surface area contributed by atoms with Gasteiger partial charge in [0.25, 0.3) is 0 Å². The van der Waals surface area contributed by atoms with Gasteiger partial charge in [0, 0.05) is 24.0 Å². The zero-order chi connectivity index (χ0) is 19.8. The number of amides is 2. The van der Waals surface area contributed by atoms with Crippen molar-refractivity contribution in [2.24, 2.45) is 0 Å². The Labute approximate surface area is 161 Å². The molecule has 2 aromatic carbocycles. The average Bonchev–Trinajstić information content (AvgIpc) is 2.62. The van der Waals surface area contributed by atoms with E-state index >= 15 is 0 Å². The number of carbonyl (C=O) groups excluding carboxylic acids is 2. The maximum absolute atomic E-state index is 13.4. The summed E-state index contributed by atoms with van der Waals surface area (Å²) < 4.78 is 23.8. The molecule has 2 aromatic rings. The van der Waals surface area contributed by atoms with E-state index in [2.05, 4.69) is 5.32 Å². The van der Waals surface area contributed by atoms with Gasteiger partial charge >= 0.3 is 12.2 Å². The van der Waals surface area contributed by atoms with Gasteiger partial charge in [0.1, 0.15) is 17.7 Å². The van der Waals surface area contributed by atoms with Crippen molar-refractivity contribution in [3.05, 3.63) is 54.3 Å². The lowest BCUT2D eigenvalue weighted by atomic mass is 10.3. The number of hydrogen-bond acceptors (Lipinski definition) is 4. The second kappa shape index (κ2) is 9.78. The number of nitrogens with one attached hydrogen (secondary N) is 1. The number of rotatable bonds is 6. The third-order valence-electron chi connectivity index (χ3n) is 3.47. The molecule has 1 N–H and O–H groups in total. The predicted molar refractivity (Wildman–Crippen MR) is 102 cm³/mol. The molecule has 0 saturated carbocycles. The molecule has 0 saturated heterocycles. The first-order chi connectivity index (χ1) is 12.9. The molecule has 0 aliphatic carbocycles. The number of hydrogen-bond donors (Lipinski definition) is 1. The third-order valence-corrected chi connectivity index (χ3v) is 3.90. The summed E-state index contributed by atoms with van der Waals surface area (Å²) >= 11 is 5.59. The second-order valence-corrected chi connectivity index (χ2v) is 5.92. The Balaban J connectivity index is 2.06. The van der Waals surface area contributed by atoms with E-state index in [0.717, 1.165) is 0 Å². The Kier molecular flexibility index (Phi) is 7.43. The van der Waals surface area contributed by atoms with E-state index < -0.39 is 24.1 Å². The van der Waals surface area contributed by atoms with Crippen LogP contribution in [-0.2, 0) is 4.74 Å². The van der Waals surface area contributed by atoms with Crippen LogP contribution in [0.5, 0.6) is 5.75 Å². The van der Waals surface area contributed by atoms with Crippen LogP contribution in [0.3, 0.4) is 0 Å². The first-order valence-corrected chi connectivity index (χ1v) is 8.85. The van der Waals surface area contributed by atoms with Gasteiger partial charge in [0.15, 0.2) is 0 Å². The maximum Gasteiger partial charge on any atom is 0.419 e. The lowest BCUT2D eigenvalue weighted by Gasteiger charge is -2.20. The summed E-state index contributed by atoms with van der Waals surface area (Å²) in [6.07, 6.45) is -1.77.